The summed E-state index contributed by atoms with van der Waals surface area (Å²) in [4.78, 5) is 11.1. The molecule has 1 heterocycles. The van der Waals surface area contributed by atoms with Crippen LogP contribution < -0.4 is 5.32 Å². The number of esters is 1. The number of nitrogens with one attached hydrogen (secondary N) is 1. The van der Waals surface area contributed by atoms with Crippen LogP contribution in [0.1, 0.15) is 20.8 Å². The van der Waals surface area contributed by atoms with E-state index in [1.807, 2.05) is 0 Å². The van der Waals surface area contributed by atoms with Crippen LogP contribution >= 0.6 is 0 Å². The molecule has 1 rings (SSSR count). The van der Waals surface area contributed by atoms with Crippen LogP contribution in [0.4, 0.5) is 0 Å². The Morgan fingerprint density at radius 2 is 2.15 bits per heavy atom. The van der Waals surface area contributed by atoms with E-state index < -0.39 is 0 Å². The van der Waals surface area contributed by atoms with Gasteiger partial charge in [0.15, 0.2) is 0 Å². The second kappa shape index (κ2) is 3.64. The Morgan fingerprint density at radius 3 is 2.54 bits per heavy atom. The molecule has 1 aliphatic heterocycles. The third kappa shape index (κ3) is 2.42. The number of carbonyl (C=O) groups excluding carboxylic acids is 1. The fourth-order valence-electron chi connectivity index (χ4n) is 1.25. The Kier molecular flexibility index (Phi) is 2.93. The quantitative estimate of drug-likeness (QED) is 0.608. The Balaban J connectivity index is 2.50. The van der Waals surface area contributed by atoms with Gasteiger partial charge in [0.1, 0.15) is 12.3 Å². The van der Waals surface area contributed by atoms with E-state index in [-0.39, 0.29) is 23.7 Å². The van der Waals surface area contributed by atoms with E-state index >= 15 is 0 Å². The predicted molar refractivity (Wildman–Crippen MR) is 48.1 cm³/mol. The number of rotatable bonds is 1. The zero-order chi connectivity index (χ0) is 10.1. The van der Waals surface area contributed by atoms with E-state index in [0.717, 1.165) is 0 Å². The van der Waals surface area contributed by atoms with Gasteiger partial charge in [0.25, 0.3) is 0 Å². The van der Waals surface area contributed by atoms with Crippen LogP contribution in [0, 0.1) is 5.41 Å². The normalized spacial score (nSPS) is 28.9. The van der Waals surface area contributed by atoms with Crippen LogP contribution in [0.5, 0.6) is 0 Å². The van der Waals surface area contributed by atoms with Gasteiger partial charge < -0.3 is 9.47 Å². The maximum atomic E-state index is 11.1. The SMILES string of the molecule is COC(=O)[C@H]1CO[C@@H](C(C)(C)C)N1. The topological polar surface area (TPSA) is 47.6 Å². The number of hydrogen-bond acceptors (Lipinski definition) is 4. The van der Waals surface area contributed by atoms with Crippen molar-refractivity contribution in [3.63, 3.8) is 0 Å². The molecule has 0 radical (unpaired) electrons. The lowest BCUT2D eigenvalue weighted by atomic mass is 9.94. The summed E-state index contributed by atoms with van der Waals surface area (Å²) < 4.78 is 10.1. The average molecular weight is 187 g/mol. The number of ether oxygens (including phenoxy) is 2. The lowest BCUT2D eigenvalue weighted by molar-refractivity contribution is -0.142. The van der Waals surface area contributed by atoms with Gasteiger partial charge in [0.2, 0.25) is 0 Å². The summed E-state index contributed by atoms with van der Waals surface area (Å²) in [6.45, 7) is 6.58. The Labute approximate surface area is 78.6 Å². The molecule has 0 bridgehead atoms. The molecule has 0 aromatic heterocycles. The minimum absolute atomic E-state index is 0.00275. The Hall–Kier alpha value is -0.610. The second-order valence-electron chi connectivity index (χ2n) is 4.32. The molecule has 76 valence electrons. The van der Waals surface area contributed by atoms with Crippen LogP contribution in [0.15, 0.2) is 0 Å². The lowest BCUT2D eigenvalue weighted by Gasteiger charge is -2.26. The molecule has 0 unspecified atom stereocenters. The van der Waals surface area contributed by atoms with E-state index in [9.17, 15) is 4.79 Å². The molecule has 1 N–H and O–H groups in total. The molecule has 0 aromatic rings. The van der Waals surface area contributed by atoms with Crippen LogP contribution in [0.25, 0.3) is 0 Å². The molecule has 2 atom stereocenters. The zero-order valence-electron chi connectivity index (χ0n) is 8.59. The van der Waals surface area contributed by atoms with Gasteiger partial charge in [-0.2, -0.15) is 0 Å². The molecule has 0 saturated carbocycles. The van der Waals surface area contributed by atoms with Gasteiger partial charge >= 0.3 is 5.97 Å². The zero-order valence-corrected chi connectivity index (χ0v) is 8.59. The first kappa shape index (κ1) is 10.5. The van der Waals surface area contributed by atoms with Crippen molar-refractivity contribution in [2.75, 3.05) is 13.7 Å². The van der Waals surface area contributed by atoms with E-state index in [4.69, 9.17) is 4.74 Å². The smallest absolute Gasteiger partial charge is 0.325 e. The van der Waals surface area contributed by atoms with E-state index in [1.54, 1.807) is 0 Å². The third-order valence-electron chi connectivity index (χ3n) is 2.05. The van der Waals surface area contributed by atoms with Crippen molar-refractivity contribution in [3.8, 4) is 0 Å². The van der Waals surface area contributed by atoms with Gasteiger partial charge in [0.05, 0.1) is 13.7 Å². The number of carbonyl (C=O) groups is 1. The highest BCUT2D eigenvalue weighted by atomic mass is 16.5. The fraction of sp³-hybridized carbons (Fsp3) is 0.889. The molecule has 0 amide bonds. The number of hydrogen-bond donors (Lipinski definition) is 1. The standard InChI is InChI=1S/C9H17NO3/c1-9(2,3)8-10-6(5-13-8)7(11)12-4/h6,8,10H,5H2,1-4H3/t6-,8+/m1/s1. The summed E-state index contributed by atoms with van der Waals surface area (Å²) in [6, 6.07) is -0.311. The predicted octanol–water partition coefficient (Wildman–Crippen LogP) is 0.520. The van der Waals surface area contributed by atoms with Crippen molar-refractivity contribution in [1.29, 1.82) is 0 Å². The van der Waals surface area contributed by atoms with Crippen LogP contribution in [0.3, 0.4) is 0 Å². The molecular formula is C9H17NO3. The molecule has 0 aliphatic carbocycles. The lowest BCUT2D eigenvalue weighted by Crippen LogP contribution is -2.43. The fourth-order valence-corrected chi connectivity index (χ4v) is 1.25. The molecule has 0 spiro atoms. The minimum Gasteiger partial charge on any atom is -0.468 e. The van der Waals surface area contributed by atoms with E-state index in [0.29, 0.717) is 6.61 Å². The monoisotopic (exact) mass is 187 g/mol. The van der Waals surface area contributed by atoms with E-state index in [1.165, 1.54) is 7.11 Å². The summed E-state index contributed by atoms with van der Waals surface area (Å²) in [5.74, 6) is -0.258. The van der Waals surface area contributed by atoms with Gasteiger partial charge in [-0.3, -0.25) is 10.1 Å². The van der Waals surface area contributed by atoms with Crippen molar-refractivity contribution >= 4 is 5.97 Å². The summed E-state index contributed by atoms with van der Waals surface area (Å²) in [6.07, 6.45) is -0.0726. The van der Waals surface area contributed by atoms with Crippen molar-refractivity contribution < 1.29 is 14.3 Å². The van der Waals surface area contributed by atoms with Gasteiger partial charge in [0, 0.05) is 5.41 Å². The summed E-state index contributed by atoms with van der Waals surface area (Å²) in [5, 5.41) is 3.08. The second-order valence-corrected chi connectivity index (χ2v) is 4.32. The molecule has 13 heavy (non-hydrogen) atoms. The molecule has 4 heteroatoms. The van der Waals surface area contributed by atoms with Crippen LogP contribution in [-0.4, -0.2) is 32.0 Å². The highest BCUT2D eigenvalue weighted by molar-refractivity contribution is 5.76. The molecule has 1 saturated heterocycles. The Bertz CT molecular complexity index is 198. The summed E-state index contributed by atoms with van der Waals surface area (Å²) >= 11 is 0. The maximum Gasteiger partial charge on any atom is 0.325 e. The highest BCUT2D eigenvalue weighted by Crippen LogP contribution is 2.24. The molecular weight excluding hydrogens is 170 g/mol. The van der Waals surface area contributed by atoms with Crippen molar-refractivity contribution in [3.05, 3.63) is 0 Å². The first-order valence-corrected chi connectivity index (χ1v) is 4.40. The number of methoxy groups -OCH3 is 1. The summed E-state index contributed by atoms with van der Waals surface area (Å²) in [5.41, 5.74) is 0.00275. The average Bonchev–Trinajstić information content (AvgIpc) is 2.50. The van der Waals surface area contributed by atoms with Crippen molar-refractivity contribution in [2.45, 2.75) is 33.0 Å². The molecule has 1 fully saturated rings. The first-order valence-electron chi connectivity index (χ1n) is 4.40. The van der Waals surface area contributed by atoms with Crippen molar-refractivity contribution in [1.82, 2.24) is 5.32 Å². The Morgan fingerprint density at radius 1 is 1.54 bits per heavy atom. The third-order valence-corrected chi connectivity index (χ3v) is 2.05. The maximum absolute atomic E-state index is 11.1. The van der Waals surface area contributed by atoms with Crippen LogP contribution in [-0.2, 0) is 14.3 Å². The molecule has 1 aliphatic rings. The first-order chi connectivity index (χ1) is 5.95. The molecule has 4 nitrogen and oxygen atoms in total. The van der Waals surface area contributed by atoms with Crippen molar-refractivity contribution in [2.24, 2.45) is 5.41 Å². The van der Waals surface area contributed by atoms with Gasteiger partial charge in [-0.1, -0.05) is 20.8 Å². The van der Waals surface area contributed by atoms with Gasteiger partial charge in [-0.25, -0.2) is 0 Å². The van der Waals surface area contributed by atoms with Gasteiger partial charge in [-0.05, 0) is 0 Å². The largest absolute Gasteiger partial charge is 0.468 e. The van der Waals surface area contributed by atoms with Crippen LogP contribution in [0.2, 0.25) is 0 Å². The summed E-state index contributed by atoms with van der Waals surface area (Å²) in [7, 11) is 1.38. The minimum atomic E-state index is -0.311. The highest BCUT2D eigenvalue weighted by Gasteiger charge is 2.36. The molecule has 0 aromatic carbocycles. The van der Waals surface area contributed by atoms with E-state index in [2.05, 4.69) is 30.8 Å². The van der Waals surface area contributed by atoms with Gasteiger partial charge in [-0.15, -0.1) is 0 Å².